The quantitative estimate of drug-likeness (QED) is 0.928. The molecule has 1 heterocycles. The smallest absolute Gasteiger partial charge is 0.222 e. The first kappa shape index (κ1) is 13.1. The number of fused-ring (bicyclic) bond motifs is 1. The highest BCUT2D eigenvalue weighted by Crippen LogP contribution is 2.17. The van der Waals surface area contributed by atoms with Crippen LogP contribution in [-0.4, -0.2) is 29.9 Å². The topological polar surface area (TPSA) is 46.3 Å². The Hall–Kier alpha value is -1.87. The molecule has 1 aliphatic heterocycles. The molecule has 0 radical (unpaired) electrons. The number of carbonyl (C=O) groups excluding carboxylic acids is 1. The van der Waals surface area contributed by atoms with Crippen LogP contribution in [0.5, 0.6) is 0 Å². The summed E-state index contributed by atoms with van der Waals surface area (Å²) in [6.07, 6.45) is 2.31. The van der Waals surface area contributed by atoms with Crippen LogP contribution < -0.4 is 5.73 Å². The highest BCUT2D eigenvalue weighted by atomic mass is 16.2. The summed E-state index contributed by atoms with van der Waals surface area (Å²) < 4.78 is 0. The van der Waals surface area contributed by atoms with Crippen molar-refractivity contribution in [2.75, 3.05) is 13.1 Å². The molecule has 3 rings (SSSR count). The van der Waals surface area contributed by atoms with Crippen LogP contribution in [0.2, 0.25) is 0 Å². The lowest BCUT2D eigenvalue weighted by Gasteiger charge is -2.15. The number of hydrogen-bond donors (Lipinski definition) is 1. The van der Waals surface area contributed by atoms with E-state index in [2.05, 4.69) is 30.3 Å². The highest BCUT2D eigenvalue weighted by molar-refractivity contribution is 5.83. The summed E-state index contributed by atoms with van der Waals surface area (Å²) in [5, 5.41) is 2.48. The molecule has 0 spiro atoms. The minimum absolute atomic E-state index is 0.166. The molecule has 2 aromatic carbocycles. The third kappa shape index (κ3) is 2.83. The Morgan fingerprint density at radius 1 is 1.20 bits per heavy atom. The van der Waals surface area contributed by atoms with E-state index in [-0.39, 0.29) is 11.9 Å². The second-order valence-corrected chi connectivity index (χ2v) is 5.57. The zero-order valence-electron chi connectivity index (χ0n) is 11.6. The third-order valence-corrected chi connectivity index (χ3v) is 4.02. The highest BCUT2D eigenvalue weighted by Gasteiger charge is 2.22. The van der Waals surface area contributed by atoms with Crippen molar-refractivity contribution >= 4 is 16.7 Å². The van der Waals surface area contributed by atoms with Gasteiger partial charge in [0.1, 0.15) is 0 Å². The number of nitrogens with two attached hydrogens (primary N) is 1. The molecule has 1 saturated heterocycles. The molecule has 0 bridgehead atoms. The van der Waals surface area contributed by atoms with Gasteiger partial charge in [-0.15, -0.1) is 0 Å². The third-order valence-electron chi connectivity index (χ3n) is 4.02. The van der Waals surface area contributed by atoms with Crippen LogP contribution >= 0.6 is 0 Å². The van der Waals surface area contributed by atoms with Crippen molar-refractivity contribution in [3.05, 3.63) is 48.0 Å². The van der Waals surface area contributed by atoms with Gasteiger partial charge in [0.25, 0.3) is 0 Å². The molecule has 1 amide bonds. The van der Waals surface area contributed by atoms with Crippen molar-refractivity contribution in [3.63, 3.8) is 0 Å². The Bertz CT molecular complexity index is 623. The first-order valence-electron chi connectivity index (χ1n) is 7.23. The van der Waals surface area contributed by atoms with E-state index in [0.29, 0.717) is 6.42 Å². The number of carbonyl (C=O) groups is 1. The van der Waals surface area contributed by atoms with Crippen LogP contribution in [0.25, 0.3) is 10.8 Å². The van der Waals surface area contributed by atoms with Crippen LogP contribution in [0, 0.1) is 0 Å². The summed E-state index contributed by atoms with van der Waals surface area (Å²) in [5.74, 6) is 0.228. The van der Waals surface area contributed by atoms with Gasteiger partial charge in [-0.05, 0) is 29.2 Å². The summed E-state index contributed by atoms with van der Waals surface area (Å²) >= 11 is 0. The largest absolute Gasteiger partial charge is 0.341 e. The van der Waals surface area contributed by atoms with Crippen molar-refractivity contribution < 1.29 is 4.79 Å². The number of aryl methyl sites for hydroxylation is 1. The lowest BCUT2D eigenvalue weighted by molar-refractivity contribution is -0.130. The number of likely N-dealkylation sites (tertiary alicyclic amines) is 1. The monoisotopic (exact) mass is 268 g/mol. The van der Waals surface area contributed by atoms with Gasteiger partial charge in [0.15, 0.2) is 0 Å². The molecular weight excluding hydrogens is 248 g/mol. The molecule has 0 saturated carbocycles. The van der Waals surface area contributed by atoms with E-state index in [1.54, 1.807) is 0 Å². The molecule has 0 aliphatic carbocycles. The van der Waals surface area contributed by atoms with Gasteiger partial charge in [-0.2, -0.15) is 0 Å². The standard InChI is InChI=1S/C17H20N2O/c18-16-9-10-19(12-16)17(20)8-6-13-5-7-14-3-1-2-4-15(14)11-13/h1-5,7,11,16H,6,8-10,12,18H2/t16-/m1/s1. The summed E-state index contributed by atoms with van der Waals surface area (Å²) in [5.41, 5.74) is 7.06. The van der Waals surface area contributed by atoms with Crippen molar-refractivity contribution in [1.82, 2.24) is 4.90 Å². The van der Waals surface area contributed by atoms with Gasteiger partial charge < -0.3 is 10.6 Å². The average Bonchev–Trinajstić information content (AvgIpc) is 2.91. The fourth-order valence-corrected chi connectivity index (χ4v) is 2.82. The second-order valence-electron chi connectivity index (χ2n) is 5.57. The van der Waals surface area contributed by atoms with Gasteiger partial charge in [-0.3, -0.25) is 4.79 Å². The normalized spacial score (nSPS) is 18.6. The SMILES string of the molecule is N[C@@H]1CCN(C(=O)CCc2ccc3ccccc3c2)C1. The molecular formula is C17H20N2O. The number of amides is 1. The fraction of sp³-hybridized carbons (Fsp3) is 0.353. The Morgan fingerprint density at radius 3 is 2.75 bits per heavy atom. The molecule has 0 unspecified atom stereocenters. The van der Waals surface area contributed by atoms with E-state index < -0.39 is 0 Å². The van der Waals surface area contributed by atoms with Gasteiger partial charge in [-0.25, -0.2) is 0 Å². The van der Waals surface area contributed by atoms with E-state index in [4.69, 9.17) is 5.73 Å². The van der Waals surface area contributed by atoms with Crippen LogP contribution in [0.3, 0.4) is 0 Å². The second kappa shape index (κ2) is 5.63. The maximum atomic E-state index is 12.1. The molecule has 104 valence electrons. The number of rotatable bonds is 3. The van der Waals surface area contributed by atoms with Crippen LogP contribution in [-0.2, 0) is 11.2 Å². The minimum atomic E-state index is 0.166. The lowest BCUT2D eigenvalue weighted by Crippen LogP contribution is -2.31. The summed E-state index contributed by atoms with van der Waals surface area (Å²) in [7, 11) is 0. The predicted octanol–water partition coefficient (Wildman–Crippen LogP) is 2.33. The average molecular weight is 268 g/mol. The molecule has 1 aliphatic rings. The molecule has 1 atom stereocenters. The van der Waals surface area contributed by atoms with Gasteiger partial charge in [-0.1, -0.05) is 42.5 Å². The number of hydrogen-bond acceptors (Lipinski definition) is 2. The van der Waals surface area contributed by atoms with E-state index in [0.717, 1.165) is 25.9 Å². The Labute approximate surface area is 119 Å². The van der Waals surface area contributed by atoms with E-state index in [1.165, 1.54) is 16.3 Å². The number of nitrogens with zero attached hydrogens (tertiary/aromatic N) is 1. The summed E-state index contributed by atoms with van der Waals surface area (Å²) in [4.78, 5) is 14.0. The van der Waals surface area contributed by atoms with E-state index in [1.807, 2.05) is 17.0 Å². The van der Waals surface area contributed by atoms with Crippen LogP contribution in [0.15, 0.2) is 42.5 Å². The van der Waals surface area contributed by atoms with Gasteiger partial charge in [0, 0.05) is 25.6 Å². The first-order valence-corrected chi connectivity index (χ1v) is 7.23. The Balaban J connectivity index is 1.63. The molecule has 3 nitrogen and oxygen atoms in total. The van der Waals surface area contributed by atoms with E-state index >= 15 is 0 Å². The van der Waals surface area contributed by atoms with Crippen molar-refractivity contribution in [3.8, 4) is 0 Å². The maximum absolute atomic E-state index is 12.1. The predicted molar refractivity (Wildman–Crippen MR) is 81.4 cm³/mol. The Morgan fingerprint density at radius 2 is 2.00 bits per heavy atom. The maximum Gasteiger partial charge on any atom is 0.222 e. The van der Waals surface area contributed by atoms with Crippen molar-refractivity contribution in [1.29, 1.82) is 0 Å². The van der Waals surface area contributed by atoms with Crippen molar-refractivity contribution in [2.45, 2.75) is 25.3 Å². The molecule has 0 aromatic heterocycles. The fourth-order valence-electron chi connectivity index (χ4n) is 2.82. The van der Waals surface area contributed by atoms with Crippen LogP contribution in [0.1, 0.15) is 18.4 Å². The molecule has 2 N–H and O–H groups in total. The Kier molecular flexibility index (Phi) is 3.70. The van der Waals surface area contributed by atoms with Crippen LogP contribution in [0.4, 0.5) is 0 Å². The molecule has 1 fully saturated rings. The van der Waals surface area contributed by atoms with Gasteiger partial charge in [0.05, 0.1) is 0 Å². The summed E-state index contributed by atoms with van der Waals surface area (Å²) in [6, 6.07) is 14.9. The molecule has 3 heteroatoms. The molecule has 2 aromatic rings. The van der Waals surface area contributed by atoms with Crippen molar-refractivity contribution in [2.24, 2.45) is 5.73 Å². The van der Waals surface area contributed by atoms with Gasteiger partial charge >= 0.3 is 0 Å². The number of benzene rings is 2. The lowest BCUT2D eigenvalue weighted by atomic mass is 10.0. The first-order chi connectivity index (χ1) is 9.72. The van der Waals surface area contributed by atoms with E-state index in [9.17, 15) is 4.79 Å². The van der Waals surface area contributed by atoms with Gasteiger partial charge in [0.2, 0.25) is 5.91 Å². The molecule has 20 heavy (non-hydrogen) atoms. The minimum Gasteiger partial charge on any atom is -0.341 e. The zero-order valence-corrected chi connectivity index (χ0v) is 11.6. The summed E-state index contributed by atoms with van der Waals surface area (Å²) in [6.45, 7) is 1.54. The zero-order chi connectivity index (χ0) is 13.9.